The average Bonchev–Trinajstić information content (AvgIpc) is 3.40. The number of aliphatic hydroxyl groups is 2. The molecular formula is C32H42N4O7. The molecule has 1 amide bonds. The van der Waals surface area contributed by atoms with E-state index in [4.69, 9.17) is 15.2 Å². The zero-order valence-electron chi connectivity index (χ0n) is 24.8. The van der Waals surface area contributed by atoms with Gasteiger partial charge in [0.25, 0.3) is 0 Å². The molecule has 43 heavy (non-hydrogen) atoms. The van der Waals surface area contributed by atoms with E-state index in [1.54, 1.807) is 31.5 Å². The van der Waals surface area contributed by atoms with E-state index in [-0.39, 0.29) is 37.2 Å². The zero-order chi connectivity index (χ0) is 30.8. The zero-order valence-corrected chi connectivity index (χ0v) is 24.8. The first-order valence-electron chi connectivity index (χ1n) is 15.0. The van der Waals surface area contributed by atoms with Crippen LogP contribution in [0, 0.1) is 5.92 Å². The van der Waals surface area contributed by atoms with Crippen LogP contribution in [-0.4, -0.2) is 87.1 Å². The summed E-state index contributed by atoms with van der Waals surface area (Å²) in [7, 11) is 1.56. The molecule has 1 aliphatic heterocycles. The highest BCUT2D eigenvalue weighted by atomic mass is 16.5. The van der Waals surface area contributed by atoms with Crippen molar-refractivity contribution in [2.75, 3.05) is 33.4 Å². The first-order valence-corrected chi connectivity index (χ1v) is 15.0. The quantitative estimate of drug-likeness (QED) is 0.224. The largest absolute Gasteiger partial charge is 0.493 e. The average molecular weight is 595 g/mol. The predicted molar refractivity (Wildman–Crippen MR) is 160 cm³/mol. The van der Waals surface area contributed by atoms with Crippen LogP contribution in [0.25, 0.3) is 10.9 Å². The van der Waals surface area contributed by atoms with Crippen molar-refractivity contribution in [2.45, 2.75) is 69.0 Å². The number of nitrogens with zero attached hydrogens (tertiary/aromatic N) is 2. The normalized spacial score (nSPS) is 26.3. The standard InChI is InChI=1S/C32H42N4O7/c1-20-19-36(16-8-23(20)37)17-14-31(41)10-12-32(13-11-31,30(33)40)26-25-22(35-27(26)29(38)39)6-3-7-24(25)43-18-9-21-5-4-15-34-28(21)42-2/h3-7,15,20,23,35,37,41H,8-14,16-19H2,1-2H3,(H2,33,40)(H,38,39)/t20-,23-,31?,32?/m0/s1. The van der Waals surface area contributed by atoms with Crippen molar-refractivity contribution in [3.05, 3.63) is 53.3 Å². The highest BCUT2D eigenvalue weighted by Gasteiger charge is 2.50. The topological polar surface area (TPSA) is 171 Å². The number of amides is 1. The van der Waals surface area contributed by atoms with Crippen LogP contribution in [0.1, 0.15) is 67.1 Å². The number of carbonyl (C=O) groups excluding carboxylic acids is 1. The van der Waals surface area contributed by atoms with Gasteiger partial charge in [0.15, 0.2) is 0 Å². The van der Waals surface area contributed by atoms with Crippen LogP contribution in [0.15, 0.2) is 36.5 Å². The number of primary amides is 1. The lowest BCUT2D eigenvalue weighted by Crippen LogP contribution is -2.50. The Morgan fingerprint density at radius 3 is 2.63 bits per heavy atom. The number of hydrogen-bond donors (Lipinski definition) is 5. The lowest BCUT2D eigenvalue weighted by atomic mass is 9.63. The SMILES string of the molecule is COc1ncccc1CCOc1cccc2[nH]c(C(=O)O)c(C3(C(N)=O)CCC(O)(CCN4CC[C@H](O)[C@@H](C)C4)CC3)c12. The molecule has 0 spiro atoms. The van der Waals surface area contributed by atoms with E-state index in [0.29, 0.717) is 66.7 Å². The molecule has 11 nitrogen and oxygen atoms in total. The van der Waals surface area contributed by atoms with E-state index < -0.39 is 22.9 Å². The number of aromatic carboxylic acids is 1. The number of ether oxygens (including phenoxy) is 2. The Hall–Kier alpha value is -3.67. The predicted octanol–water partition coefficient (Wildman–Crippen LogP) is 3.01. The van der Waals surface area contributed by atoms with Crippen LogP contribution >= 0.6 is 0 Å². The molecule has 0 bridgehead atoms. The maximum atomic E-state index is 13.3. The third-order valence-corrected chi connectivity index (χ3v) is 9.49. The second-order valence-electron chi connectivity index (χ2n) is 12.2. The Labute approximate surface area is 251 Å². The van der Waals surface area contributed by atoms with E-state index in [0.717, 1.165) is 18.7 Å². The number of hydrogen-bond acceptors (Lipinski definition) is 8. The van der Waals surface area contributed by atoms with Gasteiger partial charge < -0.3 is 40.4 Å². The van der Waals surface area contributed by atoms with Gasteiger partial charge in [-0.1, -0.05) is 19.1 Å². The lowest BCUT2D eigenvalue weighted by molar-refractivity contribution is -0.127. The number of rotatable bonds is 11. The number of carbonyl (C=O) groups is 2. The van der Waals surface area contributed by atoms with Gasteiger partial charge in [-0.3, -0.25) is 4.79 Å². The summed E-state index contributed by atoms with van der Waals surface area (Å²) in [6, 6.07) is 9.01. The molecule has 1 aromatic carbocycles. The summed E-state index contributed by atoms with van der Waals surface area (Å²) in [6.45, 7) is 4.53. The maximum Gasteiger partial charge on any atom is 0.352 e. The third-order valence-electron chi connectivity index (χ3n) is 9.49. The molecule has 6 N–H and O–H groups in total. The van der Waals surface area contributed by atoms with E-state index >= 15 is 0 Å². The highest BCUT2D eigenvalue weighted by molar-refractivity contribution is 6.05. The fraction of sp³-hybridized carbons (Fsp3) is 0.531. The van der Waals surface area contributed by atoms with Gasteiger partial charge in [-0.05, 0) is 62.6 Å². The monoisotopic (exact) mass is 594 g/mol. The number of pyridine rings is 1. The summed E-state index contributed by atoms with van der Waals surface area (Å²) >= 11 is 0. The Morgan fingerprint density at radius 2 is 1.95 bits per heavy atom. The van der Waals surface area contributed by atoms with E-state index in [2.05, 4.69) is 14.9 Å². The summed E-state index contributed by atoms with van der Waals surface area (Å²) in [4.78, 5) is 35.3. The van der Waals surface area contributed by atoms with Crippen molar-refractivity contribution in [3.63, 3.8) is 0 Å². The molecule has 5 rings (SSSR count). The van der Waals surface area contributed by atoms with Gasteiger partial charge >= 0.3 is 5.97 Å². The highest BCUT2D eigenvalue weighted by Crippen LogP contribution is 2.49. The van der Waals surface area contributed by atoms with Crippen LogP contribution in [0.4, 0.5) is 0 Å². The summed E-state index contributed by atoms with van der Waals surface area (Å²) in [5.74, 6) is -0.681. The second-order valence-corrected chi connectivity index (χ2v) is 12.2. The van der Waals surface area contributed by atoms with Gasteiger partial charge in [-0.2, -0.15) is 0 Å². The van der Waals surface area contributed by atoms with Gasteiger partial charge in [-0.25, -0.2) is 9.78 Å². The minimum Gasteiger partial charge on any atom is -0.493 e. The van der Waals surface area contributed by atoms with Gasteiger partial charge in [-0.15, -0.1) is 0 Å². The molecule has 3 heterocycles. The molecule has 0 radical (unpaired) electrons. The number of likely N-dealkylation sites (tertiary alicyclic amines) is 1. The number of piperidine rings is 1. The number of benzene rings is 1. The van der Waals surface area contributed by atoms with Gasteiger partial charge in [0.05, 0.1) is 36.4 Å². The number of fused-ring (bicyclic) bond motifs is 1. The molecule has 3 aromatic rings. The number of nitrogens with two attached hydrogens (primary N) is 1. The van der Waals surface area contributed by atoms with Crippen molar-refractivity contribution in [3.8, 4) is 11.6 Å². The number of carboxylic acids is 1. The molecule has 2 aromatic heterocycles. The van der Waals surface area contributed by atoms with Gasteiger partial charge in [0, 0.05) is 48.8 Å². The molecular weight excluding hydrogens is 552 g/mol. The minimum absolute atomic E-state index is 0.0925. The molecule has 2 fully saturated rings. The Kier molecular flexibility index (Phi) is 8.96. The molecule has 1 saturated carbocycles. The number of nitrogens with one attached hydrogen (secondary N) is 1. The summed E-state index contributed by atoms with van der Waals surface area (Å²) < 4.78 is 11.6. The number of H-pyrrole nitrogens is 1. The Morgan fingerprint density at radius 1 is 1.19 bits per heavy atom. The molecule has 1 saturated heterocycles. The van der Waals surface area contributed by atoms with E-state index in [1.807, 2.05) is 19.1 Å². The van der Waals surface area contributed by atoms with Crippen molar-refractivity contribution in [2.24, 2.45) is 11.7 Å². The molecule has 1 aliphatic carbocycles. The molecule has 11 heteroatoms. The van der Waals surface area contributed by atoms with Crippen LogP contribution in [-0.2, 0) is 16.6 Å². The van der Waals surface area contributed by atoms with Crippen LogP contribution in [0.5, 0.6) is 11.6 Å². The molecule has 2 atom stereocenters. The fourth-order valence-electron chi connectivity index (χ4n) is 6.84. The first-order chi connectivity index (χ1) is 20.6. The number of aliphatic hydroxyl groups excluding tert-OH is 1. The molecule has 2 aliphatic rings. The number of aromatic amines is 1. The smallest absolute Gasteiger partial charge is 0.352 e. The second kappa shape index (κ2) is 12.5. The lowest BCUT2D eigenvalue weighted by Gasteiger charge is -2.44. The van der Waals surface area contributed by atoms with Gasteiger partial charge in [0.1, 0.15) is 11.4 Å². The third kappa shape index (κ3) is 6.20. The van der Waals surface area contributed by atoms with Crippen molar-refractivity contribution < 1.29 is 34.4 Å². The fourth-order valence-corrected chi connectivity index (χ4v) is 6.84. The first kappa shape index (κ1) is 30.8. The van der Waals surface area contributed by atoms with Crippen LogP contribution in [0.2, 0.25) is 0 Å². The Balaban J connectivity index is 1.40. The van der Waals surface area contributed by atoms with Crippen molar-refractivity contribution >= 4 is 22.8 Å². The van der Waals surface area contributed by atoms with E-state index in [9.17, 15) is 24.9 Å². The summed E-state index contributed by atoms with van der Waals surface area (Å²) in [6.07, 6.45) is 4.12. The molecule has 0 unspecified atom stereocenters. The molecule has 232 valence electrons. The maximum absolute atomic E-state index is 13.3. The van der Waals surface area contributed by atoms with Crippen molar-refractivity contribution in [1.82, 2.24) is 14.9 Å². The number of aromatic nitrogens is 2. The number of carboxylic acid groups (broad SMARTS) is 1. The minimum atomic E-state index is -1.30. The number of methoxy groups -OCH3 is 1. The van der Waals surface area contributed by atoms with Gasteiger partial charge in [0.2, 0.25) is 11.8 Å². The Bertz CT molecular complexity index is 1460. The summed E-state index contributed by atoms with van der Waals surface area (Å²) in [5, 5.41) is 32.3. The van der Waals surface area contributed by atoms with Crippen molar-refractivity contribution in [1.29, 1.82) is 0 Å². The summed E-state index contributed by atoms with van der Waals surface area (Å²) in [5.41, 5.74) is 5.42. The van der Waals surface area contributed by atoms with E-state index in [1.165, 1.54) is 0 Å². The van der Waals surface area contributed by atoms with Crippen LogP contribution < -0.4 is 15.2 Å². The van der Waals surface area contributed by atoms with Crippen LogP contribution in [0.3, 0.4) is 0 Å².